The standard InChI is InChI=1S/C13H26NO10P/c1-9(12(14)13(18)19)24-25(20,21)23-8-10(15)7-22-6-4-2-3-5-11(16)17/h9-10,12,15H,2-8,14H2,1H3,(H,16,17)(H,18,19)(H,20,21). The number of hydrogen-bond acceptors (Lipinski definition) is 8. The smallest absolute Gasteiger partial charge is 0.472 e. The monoisotopic (exact) mass is 387 g/mol. The molecule has 0 spiro atoms. The van der Waals surface area contributed by atoms with E-state index in [4.69, 9.17) is 20.7 Å². The van der Waals surface area contributed by atoms with Gasteiger partial charge in [-0.3, -0.25) is 18.6 Å². The number of carboxylic acids is 2. The minimum atomic E-state index is -4.57. The highest BCUT2D eigenvalue weighted by molar-refractivity contribution is 7.47. The number of aliphatic carboxylic acids is 2. The molecule has 6 N–H and O–H groups in total. The van der Waals surface area contributed by atoms with Crippen molar-refractivity contribution in [2.75, 3.05) is 19.8 Å². The summed E-state index contributed by atoms with van der Waals surface area (Å²) in [6.45, 7) is 0.800. The third kappa shape index (κ3) is 12.9. The Kier molecular flexibility index (Phi) is 11.8. The summed E-state index contributed by atoms with van der Waals surface area (Å²) in [4.78, 5) is 30.4. The number of unbranched alkanes of at least 4 members (excludes halogenated alkanes) is 2. The van der Waals surface area contributed by atoms with E-state index in [0.717, 1.165) is 0 Å². The van der Waals surface area contributed by atoms with E-state index in [1.807, 2.05) is 0 Å². The van der Waals surface area contributed by atoms with Gasteiger partial charge in [0.15, 0.2) is 0 Å². The van der Waals surface area contributed by atoms with E-state index in [2.05, 4.69) is 9.05 Å². The van der Waals surface area contributed by atoms with Crippen LogP contribution in [0.4, 0.5) is 0 Å². The second-order valence-electron chi connectivity index (χ2n) is 5.37. The average molecular weight is 387 g/mol. The molecule has 0 aliphatic carbocycles. The van der Waals surface area contributed by atoms with Gasteiger partial charge in [0.25, 0.3) is 0 Å². The Bertz CT molecular complexity index is 460. The van der Waals surface area contributed by atoms with Crippen LogP contribution in [0.25, 0.3) is 0 Å². The number of hydrogen-bond donors (Lipinski definition) is 5. The highest BCUT2D eigenvalue weighted by atomic mass is 31.2. The summed E-state index contributed by atoms with van der Waals surface area (Å²) in [6, 6.07) is -1.50. The Labute approximate surface area is 145 Å². The van der Waals surface area contributed by atoms with Crippen LogP contribution in [0.15, 0.2) is 0 Å². The number of carbonyl (C=O) groups is 2. The van der Waals surface area contributed by atoms with Crippen molar-refractivity contribution in [2.45, 2.75) is 50.9 Å². The van der Waals surface area contributed by atoms with Crippen LogP contribution < -0.4 is 5.73 Å². The maximum absolute atomic E-state index is 11.6. The van der Waals surface area contributed by atoms with Gasteiger partial charge in [-0.25, -0.2) is 4.57 Å². The first-order valence-electron chi connectivity index (χ1n) is 7.67. The molecular formula is C13H26NO10P. The van der Waals surface area contributed by atoms with E-state index in [9.17, 15) is 24.2 Å². The van der Waals surface area contributed by atoms with Crippen molar-refractivity contribution in [3.63, 3.8) is 0 Å². The lowest BCUT2D eigenvalue weighted by atomic mass is 10.2. The first kappa shape index (κ1) is 23.9. The van der Waals surface area contributed by atoms with Crippen molar-refractivity contribution >= 4 is 19.8 Å². The highest BCUT2D eigenvalue weighted by Crippen LogP contribution is 2.44. The van der Waals surface area contributed by atoms with Gasteiger partial charge < -0.3 is 30.7 Å². The quantitative estimate of drug-likeness (QED) is 0.187. The molecule has 0 aromatic heterocycles. The molecule has 0 bridgehead atoms. The van der Waals surface area contributed by atoms with Gasteiger partial charge in [0.2, 0.25) is 0 Å². The van der Waals surface area contributed by atoms with Crippen LogP contribution in [0.5, 0.6) is 0 Å². The van der Waals surface area contributed by atoms with Crippen LogP contribution in [-0.2, 0) is 27.9 Å². The number of aliphatic hydroxyl groups is 1. The predicted molar refractivity (Wildman–Crippen MR) is 84.9 cm³/mol. The zero-order valence-corrected chi connectivity index (χ0v) is 14.8. The first-order valence-corrected chi connectivity index (χ1v) is 9.16. The Balaban J connectivity index is 3.88. The second kappa shape index (κ2) is 12.3. The number of rotatable bonds is 15. The Morgan fingerprint density at radius 2 is 1.80 bits per heavy atom. The number of carboxylic acid groups (broad SMARTS) is 2. The number of ether oxygens (including phenoxy) is 1. The fraction of sp³-hybridized carbons (Fsp3) is 0.846. The summed E-state index contributed by atoms with van der Waals surface area (Å²) < 4.78 is 25.9. The third-order valence-electron chi connectivity index (χ3n) is 3.01. The minimum Gasteiger partial charge on any atom is -0.481 e. The molecule has 0 rings (SSSR count). The highest BCUT2D eigenvalue weighted by Gasteiger charge is 2.31. The number of nitrogens with two attached hydrogens (primary N) is 1. The third-order valence-corrected chi connectivity index (χ3v) is 4.08. The van der Waals surface area contributed by atoms with Gasteiger partial charge in [0, 0.05) is 13.0 Å². The molecule has 0 amide bonds. The molecule has 148 valence electrons. The molecule has 12 heteroatoms. The van der Waals surface area contributed by atoms with Crippen molar-refractivity contribution in [1.29, 1.82) is 0 Å². The summed E-state index contributed by atoms with van der Waals surface area (Å²) in [7, 11) is -4.57. The molecule has 0 saturated carbocycles. The molecule has 0 heterocycles. The van der Waals surface area contributed by atoms with Gasteiger partial charge >= 0.3 is 19.8 Å². The molecular weight excluding hydrogens is 361 g/mol. The van der Waals surface area contributed by atoms with E-state index in [-0.39, 0.29) is 13.0 Å². The van der Waals surface area contributed by atoms with E-state index >= 15 is 0 Å². The van der Waals surface area contributed by atoms with Crippen molar-refractivity contribution in [2.24, 2.45) is 5.73 Å². The molecule has 0 aliphatic heterocycles. The number of aliphatic hydroxyl groups excluding tert-OH is 1. The molecule has 25 heavy (non-hydrogen) atoms. The second-order valence-corrected chi connectivity index (χ2v) is 6.78. The fourth-order valence-electron chi connectivity index (χ4n) is 1.61. The molecule has 0 aromatic carbocycles. The van der Waals surface area contributed by atoms with Gasteiger partial charge in [-0.2, -0.15) is 0 Å². The lowest BCUT2D eigenvalue weighted by Gasteiger charge is -2.21. The van der Waals surface area contributed by atoms with Gasteiger partial charge in [0.05, 0.1) is 19.3 Å². The summed E-state index contributed by atoms with van der Waals surface area (Å²) in [5, 5.41) is 26.7. The largest absolute Gasteiger partial charge is 0.481 e. The summed E-state index contributed by atoms with van der Waals surface area (Å²) in [5.74, 6) is -2.26. The van der Waals surface area contributed by atoms with Crippen LogP contribution in [0, 0.1) is 0 Å². The zero-order valence-electron chi connectivity index (χ0n) is 13.9. The lowest BCUT2D eigenvalue weighted by molar-refractivity contribution is -0.141. The van der Waals surface area contributed by atoms with E-state index in [1.165, 1.54) is 6.92 Å². The van der Waals surface area contributed by atoms with Crippen LogP contribution in [0.3, 0.4) is 0 Å². The molecule has 0 aliphatic rings. The number of phosphoric acid groups is 1. The molecule has 0 radical (unpaired) electrons. The Hall–Kier alpha value is -1.07. The summed E-state index contributed by atoms with van der Waals surface area (Å²) >= 11 is 0. The summed E-state index contributed by atoms with van der Waals surface area (Å²) in [6.07, 6.45) is -0.551. The zero-order chi connectivity index (χ0) is 19.5. The normalized spacial score (nSPS) is 17.4. The van der Waals surface area contributed by atoms with E-state index in [0.29, 0.717) is 25.9 Å². The topological polar surface area (TPSA) is 186 Å². The van der Waals surface area contributed by atoms with E-state index < -0.39 is 44.6 Å². The number of phosphoric ester groups is 1. The molecule has 4 unspecified atom stereocenters. The lowest BCUT2D eigenvalue weighted by Crippen LogP contribution is -2.41. The molecule has 11 nitrogen and oxygen atoms in total. The van der Waals surface area contributed by atoms with Crippen LogP contribution >= 0.6 is 7.82 Å². The van der Waals surface area contributed by atoms with Gasteiger partial charge in [-0.15, -0.1) is 0 Å². The van der Waals surface area contributed by atoms with Crippen molar-refractivity contribution in [3.8, 4) is 0 Å². The van der Waals surface area contributed by atoms with Crippen molar-refractivity contribution in [1.82, 2.24) is 0 Å². The van der Waals surface area contributed by atoms with Crippen molar-refractivity contribution < 1.29 is 48.2 Å². The molecule has 0 fully saturated rings. The fourth-order valence-corrected chi connectivity index (χ4v) is 2.58. The average Bonchev–Trinajstić information content (AvgIpc) is 2.50. The SMILES string of the molecule is CC(OP(=O)(O)OCC(O)COCCCCCC(=O)O)C(N)C(=O)O. The molecule has 0 aromatic rings. The van der Waals surface area contributed by atoms with Gasteiger partial charge in [-0.1, -0.05) is 6.42 Å². The Morgan fingerprint density at radius 1 is 1.16 bits per heavy atom. The van der Waals surface area contributed by atoms with Crippen LogP contribution in [-0.4, -0.2) is 70.2 Å². The van der Waals surface area contributed by atoms with Gasteiger partial charge in [-0.05, 0) is 19.8 Å². The van der Waals surface area contributed by atoms with Gasteiger partial charge in [0.1, 0.15) is 12.1 Å². The molecule has 4 atom stereocenters. The maximum atomic E-state index is 11.6. The minimum absolute atomic E-state index is 0.0895. The first-order chi connectivity index (χ1) is 11.5. The maximum Gasteiger partial charge on any atom is 0.472 e. The van der Waals surface area contributed by atoms with E-state index in [1.54, 1.807) is 0 Å². The van der Waals surface area contributed by atoms with Crippen LogP contribution in [0.1, 0.15) is 32.6 Å². The van der Waals surface area contributed by atoms with Crippen molar-refractivity contribution in [3.05, 3.63) is 0 Å². The van der Waals surface area contributed by atoms with Crippen LogP contribution in [0.2, 0.25) is 0 Å². The Morgan fingerprint density at radius 3 is 2.36 bits per heavy atom. The molecule has 0 saturated heterocycles. The predicted octanol–water partition coefficient (Wildman–Crippen LogP) is -0.0571. The summed E-state index contributed by atoms with van der Waals surface area (Å²) in [5.41, 5.74) is 5.24.